The average molecular weight is 578 g/mol. The van der Waals surface area contributed by atoms with Gasteiger partial charge in [0.05, 0.1) is 17.1 Å². The smallest absolute Gasteiger partial charge is 0.0543 e. The van der Waals surface area contributed by atoms with Gasteiger partial charge >= 0.3 is 0 Å². The standard InChI is InChI=1S/C44H35N/c1-43(2)36-15-7-8-18-40(36)45-41-24-23-32(27-39(41)44(3,4)38-17-10-16-37(43)42(38)45)30-19-20-31-26-33(22-21-29(31)25-30)35-14-9-12-28-11-5-6-13-34(28)35/h5-27H,1-4H3. The Morgan fingerprint density at radius 1 is 0.400 bits per heavy atom. The van der Waals surface area contributed by atoms with E-state index in [2.05, 4.69) is 172 Å². The first-order valence-electron chi connectivity index (χ1n) is 16.0. The van der Waals surface area contributed by atoms with Crippen molar-refractivity contribution in [2.75, 3.05) is 4.90 Å². The highest BCUT2D eigenvalue weighted by Crippen LogP contribution is 2.60. The van der Waals surface area contributed by atoms with Gasteiger partial charge in [-0.15, -0.1) is 0 Å². The van der Waals surface area contributed by atoms with Crippen LogP contribution in [0.2, 0.25) is 0 Å². The molecule has 0 N–H and O–H groups in total. The van der Waals surface area contributed by atoms with Gasteiger partial charge < -0.3 is 4.90 Å². The van der Waals surface area contributed by atoms with Crippen LogP contribution < -0.4 is 4.90 Å². The molecule has 1 nitrogen and oxygen atoms in total. The molecule has 0 saturated carbocycles. The van der Waals surface area contributed by atoms with Crippen LogP contribution in [0.5, 0.6) is 0 Å². The molecule has 0 saturated heterocycles. The molecule has 2 aliphatic rings. The summed E-state index contributed by atoms with van der Waals surface area (Å²) in [5.41, 5.74) is 14.3. The Morgan fingerprint density at radius 3 is 1.78 bits per heavy atom. The molecule has 0 bridgehead atoms. The van der Waals surface area contributed by atoms with Gasteiger partial charge in [0.1, 0.15) is 0 Å². The SMILES string of the molecule is CC1(C)c2ccccc2N2c3ccc(-c4ccc5cc(-c6cccc7ccccc67)ccc5c4)cc3C(C)(C)c3cccc1c32. The number of rotatable bonds is 2. The van der Waals surface area contributed by atoms with Crippen molar-refractivity contribution >= 4 is 38.6 Å². The third kappa shape index (κ3) is 3.68. The summed E-state index contributed by atoms with van der Waals surface area (Å²) in [6.45, 7) is 9.53. The first kappa shape index (κ1) is 26.3. The lowest BCUT2D eigenvalue weighted by atomic mass is 9.66. The van der Waals surface area contributed by atoms with Gasteiger partial charge in [-0.2, -0.15) is 0 Å². The van der Waals surface area contributed by atoms with Crippen molar-refractivity contribution in [3.05, 3.63) is 162 Å². The average Bonchev–Trinajstić information content (AvgIpc) is 3.07. The van der Waals surface area contributed by atoms with Gasteiger partial charge in [0.25, 0.3) is 0 Å². The Labute approximate surface area is 265 Å². The van der Waals surface area contributed by atoms with Crippen LogP contribution in [0.1, 0.15) is 49.9 Å². The molecule has 216 valence electrons. The maximum absolute atomic E-state index is 2.53. The first-order chi connectivity index (χ1) is 21.8. The Hall–Kier alpha value is -5.14. The predicted octanol–water partition coefficient (Wildman–Crippen LogP) is 12.1. The zero-order valence-electron chi connectivity index (χ0n) is 26.2. The van der Waals surface area contributed by atoms with E-state index in [4.69, 9.17) is 0 Å². The number of anilines is 3. The molecule has 7 aromatic carbocycles. The van der Waals surface area contributed by atoms with Crippen LogP contribution in [0.3, 0.4) is 0 Å². The minimum absolute atomic E-state index is 0.0650. The van der Waals surface area contributed by atoms with E-state index in [9.17, 15) is 0 Å². The van der Waals surface area contributed by atoms with E-state index >= 15 is 0 Å². The van der Waals surface area contributed by atoms with Gasteiger partial charge in [0.2, 0.25) is 0 Å². The second kappa shape index (κ2) is 9.19. The summed E-state index contributed by atoms with van der Waals surface area (Å²) < 4.78 is 0. The van der Waals surface area contributed by atoms with Crippen LogP contribution >= 0.6 is 0 Å². The summed E-state index contributed by atoms with van der Waals surface area (Å²) in [4.78, 5) is 2.53. The number of benzene rings is 7. The molecule has 2 heterocycles. The maximum atomic E-state index is 2.53. The third-order valence-corrected chi connectivity index (χ3v) is 10.6. The van der Waals surface area contributed by atoms with Crippen molar-refractivity contribution in [3.8, 4) is 22.3 Å². The maximum Gasteiger partial charge on any atom is 0.0543 e. The fourth-order valence-corrected chi connectivity index (χ4v) is 8.13. The third-order valence-electron chi connectivity index (χ3n) is 10.6. The second-order valence-corrected chi connectivity index (χ2v) is 13.8. The highest BCUT2D eigenvalue weighted by molar-refractivity contribution is 6.00. The molecule has 0 atom stereocenters. The van der Waals surface area contributed by atoms with Crippen LogP contribution in [-0.2, 0) is 10.8 Å². The van der Waals surface area contributed by atoms with Crippen LogP contribution in [0.4, 0.5) is 17.1 Å². The van der Waals surface area contributed by atoms with Crippen molar-refractivity contribution in [1.82, 2.24) is 0 Å². The molecule has 2 aliphatic heterocycles. The van der Waals surface area contributed by atoms with E-state index in [1.807, 2.05) is 0 Å². The van der Waals surface area contributed by atoms with E-state index in [0.29, 0.717) is 0 Å². The Bertz CT molecular complexity index is 2330. The summed E-state index contributed by atoms with van der Waals surface area (Å²) in [6.07, 6.45) is 0. The molecule has 0 spiro atoms. The zero-order chi connectivity index (χ0) is 30.5. The van der Waals surface area contributed by atoms with Crippen molar-refractivity contribution in [2.45, 2.75) is 38.5 Å². The Balaban J connectivity index is 1.17. The van der Waals surface area contributed by atoms with Crippen LogP contribution in [0.15, 0.2) is 140 Å². The Morgan fingerprint density at radius 2 is 0.956 bits per heavy atom. The van der Waals surface area contributed by atoms with Crippen molar-refractivity contribution in [2.24, 2.45) is 0 Å². The lowest BCUT2D eigenvalue weighted by molar-refractivity contribution is 0.597. The quantitative estimate of drug-likeness (QED) is 0.198. The summed E-state index contributed by atoms with van der Waals surface area (Å²) in [5.74, 6) is 0. The van der Waals surface area contributed by atoms with E-state index in [1.165, 1.54) is 83.1 Å². The van der Waals surface area contributed by atoms with Gasteiger partial charge in [-0.1, -0.05) is 137 Å². The number of nitrogens with zero attached hydrogens (tertiary/aromatic N) is 1. The van der Waals surface area contributed by atoms with E-state index < -0.39 is 0 Å². The molecule has 1 heteroatoms. The van der Waals surface area contributed by atoms with E-state index in [-0.39, 0.29) is 10.8 Å². The van der Waals surface area contributed by atoms with Crippen molar-refractivity contribution in [3.63, 3.8) is 0 Å². The monoisotopic (exact) mass is 577 g/mol. The first-order valence-corrected chi connectivity index (χ1v) is 16.0. The predicted molar refractivity (Wildman–Crippen MR) is 191 cm³/mol. The van der Waals surface area contributed by atoms with Gasteiger partial charge in [-0.05, 0) is 96.4 Å². The molecule has 0 radical (unpaired) electrons. The summed E-state index contributed by atoms with van der Waals surface area (Å²) in [5, 5.41) is 5.09. The number of hydrogen-bond donors (Lipinski definition) is 0. The Kier molecular flexibility index (Phi) is 5.37. The second-order valence-electron chi connectivity index (χ2n) is 13.8. The van der Waals surface area contributed by atoms with Gasteiger partial charge in [-0.3, -0.25) is 0 Å². The zero-order valence-corrected chi connectivity index (χ0v) is 26.2. The minimum Gasteiger partial charge on any atom is -0.309 e. The summed E-state index contributed by atoms with van der Waals surface area (Å²) in [7, 11) is 0. The van der Waals surface area contributed by atoms with E-state index in [0.717, 1.165) is 0 Å². The fraction of sp³-hybridized carbons (Fsp3) is 0.136. The molecule has 0 aliphatic carbocycles. The number of para-hydroxylation sites is 2. The van der Waals surface area contributed by atoms with Crippen molar-refractivity contribution in [1.29, 1.82) is 0 Å². The molecule has 7 aromatic rings. The summed E-state index contributed by atoms with van der Waals surface area (Å²) >= 11 is 0. The van der Waals surface area contributed by atoms with Gasteiger partial charge in [0.15, 0.2) is 0 Å². The molecule has 0 aromatic heterocycles. The lowest BCUT2D eigenvalue weighted by Gasteiger charge is -2.49. The van der Waals surface area contributed by atoms with Crippen LogP contribution in [-0.4, -0.2) is 0 Å². The minimum atomic E-state index is -0.139. The topological polar surface area (TPSA) is 3.24 Å². The largest absolute Gasteiger partial charge is 0.309 e. The molecule has 0 amide bonds. The van der Waals surface area contributed by atoms with Gasteiger partial charge in [-0.25, -0.2) is 0 Å². The molecule has 9 rings (SSSR count). The molecular formula is C44H35N. The van der Waals surface area contributed by atoms with Crippen LogP contribution in [0, 0.1) is 0 Å². The highest BCUT2D eigenvalue weighted by Gasteiger charge is 2.45. The highest BCUT2D eigenvalue weighted by atomic mass is 15.2. The molecular weight excluding hydrogens is 542 g/mol. The normalized spacial score (nSPS) is 15.4. The lowest BCUT2D eigenvalue weighted by Crippen LogP contribution is -2.38. The van der Waals surface area contributed by atoms with Crippen molar-refractivity contribution < 1.29 is 0 Å². The summed E-state index contributed by atoms with van der Waals surface area (Å²) in [6, 6.07) is 52.0. The molecule has 0 fully saturated rings. The van der Waals surface area contributed by atoms with E-state index in [1.54, 1.807) is 0 Å². The molecule has 45 heavy (non-hydrogen) atoms. The van der Waals surface area contributed by atoms with Gasteiger partial charge in [0, 0.05) is 10.8 Å². The number of fused-ring (bicyclic) bond motifs is 6. The molecule has 0 unspecified atom stereocenters. The number of hydrogen-bond acceptors (Lipinski definition) is 1. The van der Waals surface area contributed by atoms with Crippen LogP contribution in [0.25, 0.3) is 43.8 Å². The fourth-order valence-electron chi connectivity index (χ4n) is 8.13.